The lowest BCUT2D eigenvalue weighted by molar-refractivity contribution is 1.48. The molecule has 3 aromatic rings. The lowest BCUT2D eigenvalue weighted by atomic mass is 10.0. The third-order valence-corrected chi connectivity index (χ3v) is 4.45. The van der Waals surface area contributed by atoms with E-state index in [1.54, 1.807) is 0 Å². The highest BCUT2D eigenvalue weighted by Gasteiger charge is 2.14. The number of hydrogen-bond acceptors (Lipinski definition) is 0. The maximum atomic E-state index is 2.29. The van der Waals surface area contributed by atoms with Gasteiger partial charge in [-0.1, -0.05) is 23.3 Å². The van der Waals surface area contributed by atoms with Gasteiger partial charge < -0.3 is 0 Å². The molecule has 0 fully saturated rings. The molecule has 1 heteroatoms. The van der Waals surface area contributed by atoms with Gasteiger partial charge in [-0.25, -0.2) is 0 Å². The summed E-state index contributed by atoms with van der Waals surface area (Å²) >= 11 is 1.88. The fourth-order valence-corrected chi connectivity index (χ4v) is 3.47. The number of fused-ring (bicyclic) bond motifs is 2. The van der Waals surface area contributed by atoms with Gasteiger partial charge in [0, 0.05) is 22.9 Å². The van der Waals surface area contributed by atoms with Crippen LogP contribution < -0.4 is 0 Å². The van der Waals surface area contributed by atoms with Gasteiger partial charge >= 0.3 is 0 Å². The molecule has 17 heavy (non-hydrogen) atoms. The van der Waals surface area contributed by atoms with Crippen LogP contribution in [-0.4, -0.2) is 0 Å². The van der Waals surface area contributed by atoms with Crippen LogP contribution in [0.15, 0.2) is 36.4 Å². The molecular weight excluding hydrogens is 224 g/mol. The van der Waals surface area contributed by atoms with Crippen molar-refractivity contribution in [2.24, 2.45) is 0 Å². The summed E-state index contributed by atoms with van der Waals surface area (Å²) in [6, 6.07) is 13.5. The highest BCUT2D eigenvalue weighted by Crippen LogP contribution is 2.33. The first-order chi connectivity index (χ1) is 8.15. The molecule has 0 aliphatic carbocycles. The average Bonchev–Trinajstić information content (AvgIpc) is 2.32. The van der Waals surface area contributed by atoms with Crippen LogP contribution in [-0.2, 0) is 0 Å². The van der Waals surface area contributed by atoms with Gasteiger partial charge in [-0.3, -0.25) is 0 Å². The van der Waals surface area contributed by atoms with Crippen molar-refractivity contribution >= 4 is 31.5 Å². The van der Waals surface area contributed by atoms with Crippen LogP contribution in [0.3, 0.4) is 0 Å². The number of rotatable bonds is 0. The molecule has 0 unspecified atom stereocenters. The zero-order chi connectivity index (χ0) is 12.0. The zero-order valence-electron chi connectivity index (χ0n) is 10.4. The van der Waals surface area contributed by atoms with Gasteiger partial charge in [-0.05, 0) is 38.5 Å². The Morgan fingerprint density at radius 1 is 0.706 bits per heavy atom. The summed E-state index contributed by atoms with van der Waals surface area (Å²) in [4.78, 5) is 0. The molecule has 1 aromatic heterocycles. The van der Waals surface area contributed by atoms with Gasteiger partial charge in [0.1, 0.15) is 0 Å². The Bertz CT molecular complexity index is 666. The van der Waals surface area contributed by atoms with Crippen LogP contribution >= 0.6 is 11.3 Å². The number of aryl methyl sites for hydroxylation is 3. The van der Waals surface area contributed by atoms with Gasteiger partial charge in [-0.15, -0.1) is 0 Å². The Hall–Kier alpha value is -1.47. The van der Waals surface area contributed by atoms with Gasteiger partial charge in [0.15, 0.2) is 0 Å². The molecule has 0 radical (unpaired) electrons. The third-order valence-electron chi connectivity index (χ3n) is 3.30. The normalized spacial score (nSPS) is 11.2. The Balaban J connectivity index is 2.53. The highest BCUT2D eigenvalue weighted by atomic mass is 32.1. The molecule has 0 aliphatic heterocycles. The van der Waals surface area contributed by atoms with Gasteiger partial charge in [0.25, 0.3) is 0 Å². The maximum Gasteiger partial charge on any atom is 0.239 e. The largest absolute Gasteiger partial charge is 0.239 e. The van der Waals surface area contributed by atoms with Crippen LogP contribution in [0.4, 0.5) is 0 Å². The fraction of sp³-hybridized carbons (Fsp3) is 0.188. The monoisotopic (exact) mass is 239 g/mol. The first kappa shape index (κ1) is 10.7. The van der Waals surface area contributed by atoms with E-state index in [-0.39, 0.29) is 0 Å². The molecule has 0 atom stereocenters. The number of benzene rings is 2. The molecule has 84 valence electrons. The van der Waals surface area contributed by atoms with Crippen LogP contribution in [0, 0.1) is 20.8 Å². The first-order valence-corrected chi connectivity index (χ1v) is 6.70. The van der Waals surface area contributed by atoms with Crippen LogP contribution in [0.1, 0.15) is 16.7 Å². The molecule has 0 N–H and O–H groups in total. The van der Waals surface area contributed by atoms with Crippen molar-refractivity contribution in [1.29, 1.82) is 0 Å². The van der Waals surface area contributed by atoms with Crippen molar-refractivity contribution in [3.05, 3.63) is 53.1 Å². The van der Waals surface area contributed by atoms with E-state index in [9.17, 15) is 0 Å². The summed E-state index contributed by atoms with van der Waals surface area (Å²) < 4.78 is 2.76. The SMILES string of the molecule is Cc1ccc2[s+]c3ccc(C)cc3c(C)c2c1. The van der Waals surface area contributed by atoms with Crippen molar-refractivity contribution in [3.8, 4) is 0 Å². The van der Waals surface area contributed by atoms with Gasteiger partial charge in [0.2, 0.25) is 20.7 Å². The fourth-order valence-electron chi connectivity index (χ4n) is 2.32. The second-order valence-corrected chi connectivity index (χ2v) is 5.81. The maximum absolute atomic E-state index is 2.29. The Kier molecular flexibility index (Phi) is 2.37. The van der Waals surface area contributed by atoms with Crippen molar-refractivity contribution < 1.29 is 0 Å². The molecule has 0 spiro atoms. The van der Waals surface area contributed by atoms with Crippen molar-refractivity contribution in [2.45, 2.75) is 20.8 Å². The summed E-state index contributed by atoms with van der Waals surface area (Å²) in [5.41, 5.74) is 4.07. The van der Waals surface area contributed by atoms with E-state index in [0.29, 0.717) is 0 Å². The molecular formula is C16H15S+. The summed E-state index contributed by atoms with van der Waals surface area (Å²) in [6.07, 6.45) is 0. The molecule has 0 saturated carbocycles. The van der Waals surface area contributed by atoms with Crippen molar-refractivity contribution in [2.75, 3.05) is 0 Å². The minimum Gasteiger partial charge on any atom is -0.0537 e. The topological polar surface area (TPSA) is 0 Å². The quantitative estimate of drug-likeness (QED) is 0.371. The molecule has 0 aliphatic rings. The van der Waals surface area contributed by atoms with E-state index < -0.39 is 0 Å². The van der Waals surface area contributed by atoms with E-state index >= 15 is 0 Å². The summed E-state index contributed by atoms with van der Waals surface area (Å²) in [6.45, 7) is 6.55. The molecule has 0 nitrogen and oxygen atoms in total. The van der Waals surface area contributed by atoms with E-state index in [0.717, 1.165) is 0 Å². The average molecular weight is 239 g/mol. The van der Waals surface area contributed by atoms with Crippen LogP contribution in [0.2, 0.25) is 0 Å². The summed E-state index contributed by atoms with van der Waals surface area (Å²) in [5.74, 6) is 0. The Labute approximate surface area is 106 Å². The molecule has 0 amide bonds. The lowest BCUT2D eigenvalue weighted by Gasteiger charge is -2.01. The van der Waals surface area contributed by atoms with E-state index in [2.05, 4.69) is 57.2 Å². The standard InChI is InChI=1S/C16H15S/c1-10-4-6-15-13(8-10)12(3)14-9-11(2)5-7-16(14)17-15/h4-9H,1-3H3/q+1. The molecule has 2 aromatic carbocycles. The Morgan fingerprint density at radius 3 is 1.65 bits per heavy atom. The van der Waals surface area contributed by atoms with Crippen LogP contribution in [0.5, 0.6) is 0 Å². The van der Waals surface area contributed by atoms with Gasteiger partial charge in [0.05, 0.1) is 0 Å². The predicted molar refractivity (Wildman–Crippen MR) is 77.9 cm³/mol. The smallest absolute Gasteiger partial charge is 0.0537 e. The van der Waals surface area contributed by atoms with E-state index in [1.165, 1.54) is 36.9 Å². The molecule has 0 saturated heterocycles. The van der Waals surface area contributed by atoms with Crippen molar-refractivity contribution in [3.63, 3.8) is 0 Å². The van der Waals surface area contributed by atoms with E-state index in [1.807, 2.05) is 11.3 Å². The molecule has 3 rings (SSSR count). The third kappa shape index (κ3) is 1.71. The second-order valence-electron chi connectivity index (χ2n) is 4.73. The zero-order valence-corrected chi connectivity index (χ0v) is 11.2. The van der Waals surface area contributed by atoms with Crippen LogP contribution in [0.25, 0.3) is 20.2 Å². The van der Waals surface area contributed by atoms with Crippen molar-refractivity contribution in [1.82, 2.24) is 0 Å². The minimum atomic E-state index is 1.33. The first-order valence-electron chi connectivity index (χ1n) is 5.88. The predicted octanol–water partition coefficient (Wildman–Crippen LogP) is 5.26. The highest BCUT2D eigenvalue weighted by molar-refractivity contribution is 7.24. The molecule has 0 bridgehead atoms. The lowest BCUT2D eigenvalue weighted by Crippen LogP contribution is -1.83. The molecule has 1 heterocycles. The minimum absolute atomic E-state index is 1.33. The van der Waals surface area contributed by atoms with Gasteiger partial charge in [-0.2, -0.15) is 0 Å². The Morgan fingerprint density at radius 2 is 1.18 bits per heavy atom. The van der Waals surface area contributed by atoms with E-state index in [4.69, 9.17) is 0 Å². The summed E-state index contributed by atoms with van der Waals surface area (Å²) in [5, 5.41) is 2.79. The number of hydrogen-bond donors (Lipinski definition) is 0. The second kappa shape index (κ2) is 3.78. The summed E-state index contributed by atoms with van der Waals surface area (Å²) in [7, 11) is 0.